The SMILES string of the molecule is Cl.NC(=NCCCC[C@H](N)C(=O)NCCCN(CCCNC(=O)[C@@H](N)CCCCN=C(N)NC(=O)c1ccccc1)CCOc1ccc(CCCCN=C(N)NC(=O)c2nc(Cl)c(N)nc2N)cc1)NC(=O)c1ccccc1. The minimum absolute atomic E-state index is 0. The smallest absolute Gasteiger partial charge is 0.280 e. The lowest BCUT2D eigenvalue weighted by Crippen LogP contribution is -2.42. The predicted octanol–water partition coefficient (Wildman–Crippen LogP) is 1.96. The molecule has 24 nitrogen and oxygen atoms in total. The lowest BCUT2D eigenvalue weighted by Gasteiger charge is -2.23. The highest BCUT2D eigenvalue weighted by molar-refractivity contribution is 6.31. The molecule has 0 aliphatic heterocycles. The zero-order chi connectivity index (χ0) is 55.8. The number of guanidine groups is 3. The Bertz CT molecular complexity index is 2480. The molecule has 4 aromatic rings. The Hall–Kier alpha value is -7.64. The minimum Gasteiger partial charge on any atom is -0.492 e. The Morgan fingerprint density at radius 3 is 1.49 bits per heavy atom. The summed E-state index contributed by atoms with van der Waals surface area (Å²) in [7, 11) is 0. The van der Waals surface area contributed by atoms with E-state index in [-0.39, 0.29) is 76.4 Å². The topological polar surface area (TPSA) is 403 Å². The van der Waals surface area contributed by atoms with Crippen LogP contribution in [0.25, 0.3) is 0 Å². The summed E-state index contributed by atoms with van der Waals surface area (Å²) in [5, 5.41) is 13.3. The van der Waals surface area contributed by atoms with Crippen molar-refractivity contribution >= 4 is 83.1 Å². The van der Waals surface area contributed by atoms with E-state index < -0.39 is 18.0 Å². The van der Waals surface area contributed by atoms with Crippen molar-refractivity contribution in [1.29, 1.82) is 0 Å². The molecule has 424 valence electrons. The van der Waals surface area contributed by atoms with E-state index in [4.69, 9.17) is 56.5 Å². The number of hydrogen-bond donors (Lipinski definition) is 12. The van der Waals surface area contributed by atoms with Crippen LogP contribution < -0.4 is 71.5 Å². The summed E-state index contributed by atoms with van der Waals surface area (Å²) in [4.78, 5) is 85.2. The fourth-order valence-corrected chi connectivity index (χ4v) is 7.51. The van der Waals surface area contributed by atoms with Gasteiger partial charge in [0.15, 0.2) is 40.4 Å². The molecular weight excluding hydrogens is 1040 g/mol. The van der Waals surface area contributed by atoms with E-state index in [0.717, 1.165) is 18.4 Å². The third kappa shape index (κ3) is 25.5. The molecule has 0 aliphatic rings. The fraction of sp³-hybridized carbons (Fsp3) is 0.423. The maximum Gasteiger partial charge on any atom is 0.280 e. The largest absolute Gasteiger partial charge is 0.492 e. The zero-order valence-electron chi connectivity index (χ0n) is 43.8. The first-order chi connectivity index (χ1) is 37.1. The Labute approximate surface area is 466 Å². The van der Waals surface area contributed by atoms with E-state index >= 15 is 0 Å². The van der Waals surface area contributed by atoms with Crippen LogP contribution in [0.4, 0.5) is 11.6 Å². The van der Waals surface area contributed by atoms with Gasteiger partial charge in [0, 0.05) is 50.4 Å². The van der Waals surface area contributed by atoms with Gasteiger partial charge in [-0.3, -0.25) is 59.8 Å². The second-order valence-corrected chi connectivity index (χ2v) is 18.2. The van der Waals surface area contributed by atoms with Gasteiger partial charge < -0.3 is 55.5 Å². The number of rotatable bonds is 32. The molecule has 5 amide bonds. The van der Waals surface area contributed by atoms with E-state index in [9.17, 15) is 24.0 Å². The van der Waals surface area contributed by atoms with Gasteiger partial charge in [0.25, 0.3) is 17.7 Å². The fourth-order valence-electron chi connectivity index (χ4n) is 7.38. The van der Waals surface area contributed by atoms with Gasteiger partial charge in [-0.15, -0.1) is 12.4 Å². The molecule has 26 heteroatoms. The number of carbonyl (C=O) groups is 5. The van der Waals surface area contributed by atoms with Crippen LogP contribution in [-0.4, -0.2) is 133 Å². The first kappa shape index (κ1) is 64.6. The van der Waals surface area contributed by atoms with Crippen LogP contribution in [0.2, 0.25) is 5.15 Å². The molecule has 0 unspecified atom stereocenters. The van der Waals surface area contributed by atoms with Gasteiger partial charge in [-0.1, -0.05) is 60.1 Å². The number of halogens is 2. The number of nitrogens with zero attached hydrogens (tertiary/aromatic N) is 6. The number of nitrogens with two attached hydrogens (primary N) is 7. The average molecular weight is 1120 g/mol. The number of nitrogens with one attached hydrogen (secondary N) is 5. The van der Waals surface area contributed by atoms with Crippen molar-refractivity contribution in [3.05, 3.63) is 112 Å². The van der Waals surface area contributed by atoms with E-state index in [1.54, 1.807) is 48.5 Å². The number of aromatic nitrogens is 2. The maximum absolute atomic E-state index is 12.8. The number of aliphatic imine (C=N–C) groups is 3. The number of anilines is 2. The molecule has 0 fully saturated rings. The van der Waals surface area contributed by atoms with Gasteiger partial charge in [-0.05, 0) is 126 Å². The molecule has 78 heavy (non-hydrogen) atoms. The second kappa shape index (κ2) is 36.4. The number of aryl methyl sites for hydroxylation is 1. The number of ether oxygens (including phenoxy) is 1. The van der Waals surface area contributed by atoms with Gasteiger partial charge in [-0.2, -0.15) is 0 Å². The summed E-state index contributed by atoms with van der Waals surface area (Å²) in [5.74, 6) is -1.46. The van der Waals surface area contributed by atoms with Crippen molar-refractivity contribution in [2.45, 2.75) is 82.7 Å². The number of nitrogen functional groups attached to an aromatic ring is 2. The monoisotopic (exact) mass is 1120 g/mol. The van der Waals surface area contributed by atoms with Crippen LogP contribution >= 0.6 is 24.0 Å². The highest BCUT2D eigenvalue weighted by Gasteiger charge is 2.18. The molecule has 2 atom stereocenters. The number of unbranched alkanes of at least 4 members (excludes halogenated alkanes) is 3. The van der Waals surface area contributed by atoms with Crippen LogP contribution in [0.15, 0.2) is 99.9 Å². The normalized spacial score (nSPS) is 12.4. The van der Waals surface area contributed by atoms with E-state index in [1.165, 1.54) is 0 Å². The Balaban J connectivity index is 0.0000160. The van der Waals surface area contributed by atoms with E-state index in [0.29, 0.717) is 134 Å². The summed E-state index contributed by atoms with van der Waals surface area (Å²) < 4.78 is 6.13. The first-order valence-corrected chi connectivity index (χ1v) is 26.0. The summed E-state index contributed by atoms with van der Waals surface area (Å²) in [6.07, 6.45) is 7.11. The molecule has 19 N–H and O–H groups in total. The summed E-state index contributed by atoms with van der Waals surface area (Å²) in [6.45, 7) is 4.26. The van der Waals surface area contributed by atoms with Crippen molar-refractivity contribution in [2.75, 3.05) is 70.4 Å². The van der Waals surface area contributed by atoms with Crippen molar-refractivity contribution in [1.82, 2.24) is 41.5 Å². The lowest BCUT2D eigenvalue weighted by molar-refractivity contribution is -0.123. The van der Waals surface area contributed by atoms with E-state index in [1.807, 2.05) is 36.4 Å². The molecule has 0 saturated carbocycles. The highest BCUT2D eigenvalue weighted by atomic mass is 35.5. The zero-order valence-corrected chi connectivity index (χ0v) is 45.4. The van der Waals surface area contributed by atoms with Crippen molar-refractivity contribution in [3.63, 3.8) is 0 Å². The van der Waals surface area contributed by atoms with Gasteiger partial charge in [0.05, 0.1) is 12.1 Å². The predicted molar refractivity (Wildman–Crippen MR) is 308 cm³/mol. The summed E-state index contributed by atoms with van der Waals surface area (Å²) in [5.41, 5.74) is 43.2. The van der Waals surface area contributed by atoms with Gasteiger partial charge in [-0.25, -0.2) is 9.97 Å². The van der Waals surface area contributed by atoms with Gasteiger partial charge in [0.2, 0.25) is 11.8 Å². The van der Waals surface area contributed by atoms with Gasteiger partial charge >= 0.3 is 0 Å². The number of hydrogen-bond acceptors (Lipinski definition) is 16. The van der Waals surface area contributed by atoms with Gasteiger partial charge in [0.1, 0.15) is 12.4 Å². The highest BCUT2D eigenvalue weighted by Crippen LogP contribution is 2.18. The molecule has 0 spiro atoms. The quantitative estimate of drug-likeness (QED) is 0.0189. The Kier molecular flexibility index (Phi) is 30.2. The molecule has 0 saturated heterocycles. The van der Waals surface area contributed by atoms with Crippen LogP contribution in [0, 0.1) is 0 Å². The summed E-state index contributed by atoms with van der Waals surface area (Å²) >= 11 is 5.86. The third-order valence-corrected chi connectivity index (χ3v) is 11.9. The number of benzene rings is 3. The van der Waals surface area contributed by atoms with E-state index in [2.05, 4.69) is 56.4 Å². The standard InChI is InChI=1S/C52H75ClN18O6.ClH/c53-42-44(57)67-43(56)41(66-42)49(76)70-52(60)65-26-10-7-15-35-22-24-38(25-23-35)77-34-33-71(31-13-29-61-47(74)39(54)20-8-11-27-63-50(58)68-45(72)36-16-3-1-4-17-36)32-14-30-62-48(75)40(55)21-9-12-28-64-51(59)69-46(73)37-18-5-2-6-19-37;/h1-6,16-19,22-25,39-40H,7-15,20-21,26-34,54-55H2,(H,61,74)(H,62,75)(H4,56,57,67)(H3,58,63,68,72)(H3,59,64,69,73)(H3,60,65,70,76);1H/t39-,40-;/m0./s1. The van der Waals surface area contributed by atoms with Crippen molar-refractivity contribution in [2.24, 2.45) is 43.6 Å². The molecule has 1 aromatic heterocycles. The number of carbonyl (C=O) groups excluding carboxylic acids is 5. The molecular formula is C52H76Cl2N18O6. The second-order valence-electron chi connectivity index (χ2n) is 17.8. The Morgan fingerprint density at radius 2 is 1.01 bits per heavy atom. The number of amides is 5. The Morgan fingerprint density at radius 1 is 0.564 bits per heavy atom. The van der Waals surface area contributed by atoms with Crippen LogP contribution in [0.5, 0.6) is 5.75 Å². The molecule has 1 heterocycles. The lowest BCUT2D eigenvalue weighted by atomic mass is 10.1. The average Bonchev–Trinajstić information content (AvgIpc) is 3.42. The van der Waals surface area contributed by atoms with Crippen molar-refractivity contribution < 1.29 is 28.7 Å². The maximum atomic E-state index is 12.8. The third-order valence-electron chi connectivity index (χ3n) is 11.7. The molecule has 3 aromatic carbocycles. The first-order valence-electron chi connectivity index (χ1n) is 25.6. The van der Waals surface area contributed by atoms with Crippen LogP contribution in [0.3, 0.4) is 0 Å². The molecule has 0 aliphatic carbocycles. The minimum atomic E-state index is -0.703. The van der Waals surface area contributed by atoms with Crippen LogP contribution in [-0.2, 0) is 16.0 Å². The van der Waals surface area contributed by atoms with Crippen molar-refractivity contribution in [3.8, 4) is 5.75 Å². The molecule has 4 rings (SSSR count). The molecule has 0 bridgehead atoms. The molecule has 0 radical (unpaired) electrons. The summed E-state index contributed by atoms with van der Waals surface area (Å²) in [6, 6.07) is 23.9. The van der Waals surface area contributed by atoms with Crippen LogP contribution in [0.1, 0.15) is 101 Å².